The highest BCUT2D eigenvalue weighted by Gasteiger charge is 2.27. The lowest BCUT2D eigenvalue weighted by Gasteiger charge is -2.13. The Kier molecular flexibility index (Phi) is 3.11. The molecule has 1 aromatic carbocycles. The monoisotopic (exact) mass is 203 g/mol. The van der Waals surface area contributed by atoms with Crippen LogP contribution < -0.4 is 5.32 Å². The molecular weight excluding hydrogens is 182 g/mol. The van der Waals surface area contributed by atoms with E-state index in [1.54, 1.807) is 0 Å². The summed E-state index contributed by atoms with van der Waals surface area (Å²) in [7, 11) is 0. The molecule has 0 saturated heterocycles. The topological polar surface area (TPSA) is 12.0 Å². The molecule has 1 heteroatoms. The van der Waals surface area contributed by atoms with Crippen molar-refractivity contribution in [1.82, 2.24) is 5.32 Å². The molecule has 1 aromatic rings. The van der Waals surface area contributed by atoms with E-state index in [-0.39, 0.29) is 0 Å². The lowest BCUT2D eigenvalue weighted by Crippen LogP contribution is -2.27. The molecule has 1 aliphatic carbocycles. The molecule has 2 rings (SSSR count). The quantitative estimate of drug-likeness (QED) is 0.792. The first kappa shape index (κ1) is 10.7. The SMILES string of the molecule is Cc1cc(C)cc(CNC(C)C2CC2)c1. The zero-order chi connectivity index (χ0) is 10.8. The Morgan fingerprint density at radius 3 is 2.33 bits per heavy atom. The normalized spacial score (nSPS) is 17.8. The third-order valence-corrected chi connectivity index (χ3v) is 3.24. The average molecular weight is 203 g/mol. The van der Waals surface area contributed by atoms with Crippen LogP contribution in [0.4, 0.5) is 0 Å². The summed E-state index contributed by atoms with van der Waals surface area (Å²) in [6, 6.07) is 7.47. The Hall–Kier alpha value is -0.820. The minimum Gasteiger partial charge on any atom is -0.310 e. The summed E-state index contributed by atoms with van der Waals surface area (Å²) < 4.78 is 0. The van der Waals surface area contributed by atoms with Crippen LogP contribution >= 0.6 is 0 Å². The van der Waals surface area contributed by atoms with Gasteiger partial charge in [-0.15, -0.1) is 0 Å². The van der Waals surface area contributed by atoms with Gasteiger partial charge in [-0.1, -0.05) is 29.3 Å². The maximum atomic E-state index is 3.62. The first-order valence-corrected chi connectivity index (χ1v) is 5.96. The lowest BCUT2D eigenvalue weighted by atomic mass is 10.1. The Bertz CT molecular complexity index is 319. The van der Waals surface area contributed by atoms with E-state index in [4.69, 9.17) is 0 Å². The molecule has 0 radical (unpaired) electrons. The van der Waals surface area contributed by atoms with Crippen LogP contribution in [-0.4, -0.2) is 6.04 Å². The van der Waals surface area contributed by atoms with Gasteiger partial charge in [-0.2, -0.15) is 0 Å². The van der Waals surface area contributed by atoms with Crippen molar-refractivity contribution < 1.29 is 0 Å². The summed E-state index contributed by atoms with van der Waals surface area (Å²) in [5.41, 5.74) is 4.15. The van der Waals surface area contributed by atoms with Gasteiger partial charge in [0.25, 0.3) is 0 Å². The van der Waals surface area contributed by atoms with E-state index in [1.165, 1.54) is 29.5 Å². The molecule has 82 valence electrons. The van der Waals surface area contributed by atoms with Gasteiger partial charge in [0.15, 0.2) is 0 Å². The number of hydrogen-bond donors (Lipinski definition) is 1. The van der Waals surface area contributed by atoms with Crippen LogP contribution in [0.3, 0.4) is 0 Å². The van der Waals surface area contributed by atoms with Crippen LogP contribution in [0.25, 0.3) is 0 Å². The Balaban J connectivity index is 1.91. The van der Waals surface area contributed by atoms with Crippen molar-refractivity contribution in [3.8, 4) is 0 Å². The van der Waals surface area contributed by atoms with Gasteiger partial charge in [0.2, 0.25) is 0 Å². The molecule has 0 heterocycles. The fourth-order valence-corrected chi connectivity index (χ4v) is 2.21. The number of rotatable bonds is 4. The van der Waals surface area contributed by atoms with E-state index in [2.05, 4.69) is 44.3 Å². The summed E-state index contributed by atoms with van der Waals surface area (Å²) in [6.45, 7) is 7.65. The molecule has 1 N–H and O–H groups in total. The predicted octanol–water partition coefficient (Wildman–Crippen LogP) is 3.19. The van der Waals surface area contributed by atoms with E-state index >= 15 is 0 Å². The molecule has 1 unspecified atom stereocenters. The Morgan fingerprint density at radius 2 is 1.80 bits per heavy atom. The van der Waals surface area contributed by atoms with E-state index < -0.39 is 0 Å². The standard InChI is InChI=1S/C14H21N/c1-10-6-11(2)8-13(7-10)9-15-12(3)14-4-5-14/h6-8,12,14-15H,4-5,9H2,1-3H3. The third-order valence-electron chi connectivity index (χ3n) is 3.24. The summed E-state index contributed by atoms with van der Waals surface area (Å²) >= 11 is 0. The van der Waals surface area contributed by atoms with Crippen molar-refractivity contribution in [3.05, 3.63) is 34.9 Å². The van der Waals surface area contributed by atoms with Gasteiger partial charge in [0, 0.05) is 12.6 Å². The van der Waals surface area contributed by atoms with Crippen molar-refractivity contribution in [2.45, 2.75) is 46.2 Å². The number of aryl methyl sites for hydroxylation is 2. The average Bonchev–Trinajstić information content (AvgIpc) is 2.95. The Labute approximate surface area is 92.9 Å². The molecule has 0 aromatic heterocycles. The summed E-state index contributed by atoms with van der Waals surface area (Å²) in [6.07, 6.45) is 2.84. The molecule has 0 aliphatic heterocycles. The van der Waals surface area contributed by atoms with Gasteiger partial charge < -0.3 is 5.32 Å². The van der Waals surface area contributed by atoms with Gasteiger partial charge in [0.1, 0.15) is 0 Å². The van der Waals surface area contributed by atoms with Gasteiger partial charge in [-0.25, -0.2) is 0 Å². The molecule has 1 nitrogen and oxygen atoms in total. The second kappa shape index (κ2) is 4.36. The first-order chi connectivity index (χ1) is 7.15. The molecule has 15 heavy (non-hydrogen) atoms. The molecule has 1 aliphatic rings. The van der Waals surface area contributed by atoms with Crippen LogP contribution in [-0.2, 0) is 6.54 Å². The van der Waals surface area contributed by atoms with Crippen molar-refractivity contribution in [2.75, 3.05) is 0 Å². The maximum Gasteiger partial charge on any atom is 0.0208 e. The molecule has 1 fully saturated rings. The van der Waals surface area contributed by atoms with Crippen LogP contribution in [0, 0.1) is 19.8 Å². The second-order valence-corrected chi connectivity index (χ2v) is 5.00. The summed E-state index contributed by atoms with van der Waals surface area (Å²) in [5, 5.41) is 3.62. The van der Waals surface area contributed by atoms with Crippen molar-refractivity contribution in [2.24, 2.45) is 5.92 Å². The fraction of sp³-hybridized carbons (Fsp3) is 0.571. The molecule has 1 saturated carbocycles. The third kappa shape index (κ3) is 3.07. The van der Waals surface area contributed by atoms with Crippen molar-refractivity contribution in [1.29, 1.82) is 0 Å². The van der Waals surface area contributed by atoms with Gasteiger partial charge in [-0.05, 0) is 45.1 Å². The van der Waals surface area contributed by atoms with Crippen molar-refractivity contribution in [3.63, 3.8) is 0 Å². The van der Waals surface area contributed by atoms with Gasteiger partial charge in [-0.3, -0.25) is 0 Å². The highest BCUT2D eigenvalue weighted by atomic mass is 14.9. The zero-order valence-corrected chi connectivity index (χ0v) is 10.0. The van der Waals surface area contributed by atoms with E-state index in [0.717, 1.165) is 12.5 Å². The largest absolute Gasteiger partial charge is 0.310 e. The predicted molar refractivity (Wildman–Crippen MR) is 64.9 cm³/mol. The van der Waals surface area contributed by atoms with E-state index in [0.29, 0.717) is 6.04 Å². The van der Waals surface area contributed by atoms with Crippen molar-refractivity contribution >= 4 is 0 Å². The lowest BCUT2D eigenvalue weighted by molar-refractivity contribution is 0.496. The van der Waals surface area contributed by atoms with Crippen LogP contribution in [0.2, 0.25) is 0 Å². The molecule has 0 bridgehead atoms. The van der Waals surface area contributed by atoms with Gasteiger partial charge in [0.05, 0.1) is 0 Å². The van der Waals surface area contributed by atoms with Crippen LogP contribution in [0.1, 0.15) is 36.5 Å². The number of benzene rings is 1. The van der Waals surface area contributed by atoms with E-state index in [9.17, 15) is 0 Å². The molecular formula is C14H21N. The van der Waals surface area contributed by atoms with Crippen LogP contribution in [0.5, 0.6) is 0 Å². The number of hydrogen-bond acceptors (Lipinski definition) is 1. The first-order valence-electron chi connectivity index (χ1n) is 5.96. The molecule has 0 amide bonds. The van der Waals surface area contributed by atoms with Crippen LogP contribution in [0.15, 0.2) is 18.2 Å². The summed E-state index contributed by atoms with van der Waals surface area (Å²) in [5.74, 6) is 0.941. The van der Waals surface area contributed by atoms with E-state index in [1.807, 2.05) is 0 Å². The maximum absolute atomic E-state index is 3.62. The van der Waals surface area contributed by atoms with Gasteiger partial charge >= 0.3 is 0 Å². The highest BCUT2D eigenvalue weighted by molar-refractivity contribution is 5.28. The fourth-order valence-electron chi connectivity index (χ4n) is 2.21. The Morgan fingerprint density at radius 1 is 1.20 bits per heavy atom. The molecule has 1 atom stereocenters. The smallest absolute Gasteiger partial charge is 0.0208 e. The minimum atomic E-state index is 0.686. The minimum absolute atomic E-state index is 0.686. The molecule has 0 spiro atoms. The highest BCUT2D eigenvalue weighted by Crippen LogP contribution is 2.32. The summed E-state index contributed by atoms with van der Waals surface area (Å²) in [4.78, 5) is 0. The number of nitrogens with one attached hydrogen (secondary N) is 1. The second-order valence-electron chi connectivity index (χ2n) is 5.00. The zero-order valence-electron chi connectivity index (χ0n) is 10.0.